The third-order valence-corrected chi connectivity index (χ3v) is 4.00. The fourth-order valence-electron chi connectivity index (χ4n) is 2.43. The van der Waals surface area contributed by atoms with Gasteiger partial charge in [0.05, 0.1) is 19.2 Å². The molecule has 0 aliphatic heterocycles. The van der Waals surface area contributed by atoms with Crippen LogP contribution < -0.4 is 20.7 Å². The van der Waals surface area contributed by atoms with Crippen LogP contribution in [-0.4, -0.2) is 32.6 Å². The molecule has 0 atom stereocenters. The van der Waals surface area contributed by atoms with Crippen molar-refractivity contribution < 1.29 is 22.7 Å². The zero-order valence-corrected chi connectivity index (χ0v) is 16.1. The molecule has 0 spiro atoms. The molecule has 29 heavy (non-hydrogen) atoms. The molecule has 1 amide bonds. The lowest BCUT2D eigenvalue weighted by atomic mass is 10.1. The molecule has 3 N–H and O–H groups in total. The van der Waals surface area contributed by atoms with E-state index in [2.05, 4.69) is 20.9 Å². The minimum atomic E-state index is -4.39. The van der Waals surface area contributed by atoms with Gasteiger partial charge in [0.2, 0.25) is 5.91 Å². The van der Waals surface area contributed by atoms with Gasteiger partial charge in [0, 0.05) is 20.1 Å². The Morgan fingerprint density at radius 1 is 1.00 bits per heavy atom. The predicted octanol–water partition coefficient (Wildman–Crippen LogP) is 2.70. The highest BCUT2D eigenvalue weighted by atomic mass is 19.4. The van der Waals surface area contributed by atoms with Crippen LogP contribution in [0.15, 0.2) is 53.5 Å². The Bertz CT molecular complexity index is 836. The van der Waals surface area contributed by atoms with Crippen LogP contribution >= 0.6 is 0 Å². The van der Waals surface area contributed by atoms with Crippen LogP contribution in [0.1, 0.15) is 16.7 Å². The predicted molar refractivity (Wildman–Crippen MR) is 104 cm³/mol. The van der Waals surface area contributed by atoms with E-state index >= 15 is 0 Å². The first-order valence-corrected chi connectivity index (χ1v) is 8.82. The molecule has 0 radical (unpaired) electrons. The second-order valence-electron chi connectivity index (χ2n) is 6.10. The summed E-state index contributed by atoms with van der Waals surface area (Å²) >= 11 is 0. The SMILES string of the molecule is CN=C(NCC(=O)NCc1ccc(OC)cc1)NCc1cccc(C(F)(F)F)c1. The Labute approximate surface area is 167 Å². The Balaban J connectivity index is 1.77. The molecule has 9 heteroatoms. The van der Waals surface area contributed by atoms with Crippen molar-refractivity contribution in [2.24, 2.45) is 4.99 Å². The molecule has 0 bridgehead atoms. The van der Waals surface area contributed by atoms with E-state index in [-0.39, 0.29) is 19.0 Å². The fourth-order valence-corrected chi connectivity index (χ4v) is 2.43. The van der Waals surface area contributed by atoms with Gasteiger partial charge >= 0.3 is 6.18 Å². The van der Waals surface area contributed by atoms with Crippen molar-refractivity contribution in [3.63, 3.8) is 0 Å². The number of nitrogens with zero attached hydrogens (tertiary/aromatic N) is 1. The summed E-state index contributed by atoms with van der Waals surface area (Å²) in [7, 11) is 3.09. The number of amides is 1. The molecule has 156 valence electrons. The molecule has 0 fully saturated rings. The standard InChI is InChI=1S/C20H23F3N4O2/c1-24-19(26-12-15-4-3-5-16(10-15)20(21,22)23)27-13-18(28)25-11-14-6-8-17(29-2)9-7-14/h3-10H,11-13H2,1-2H3,(H,25,28)(H2,24,26,27). The van der Waals surface area contributed by atoms with Crippen molar-refractivity contribution in [3.8, 4) is 5.75 Å². The van der Waals surface area contributed by atoms with E-state index in [1.54, 1.807) is 25.3 Å². The third kappa shape index (κ3) is 7.36. The molecule has 6 nitrogen and oxygen atoms in total. The number of carbonyl (C=O) groups is 1. The van der Waals surface area contributed by atoms with Gasteiger partial charge in [-0.05, 0) is 35.4 Å². The van der Waals surface area contributed by atoms with Crippen molar-refractivity contribution in [3.05, 3.63) is 65.2 Å². The fraction of sp³-hybridized carbons (Fsp3) is 0.300. The molecule has 0 saturated carbocycles. The maximum Gasteiger partial charge on any atom is 0.416 e. The first-order chi connectivity index (χ1) is 13.8. The van der Waals surface area contributed by atoms with Gasteiger partial charge in [-0.2, -0.15) is 13.2 Å². The molecule has 2 aromatic rings. The van der Waals surface area contributed by atoms with Gasteiger partial charge in [-0.15, -0.1) is 0 Å². The number of rotatable bonds is 7. The summed E-state index contributed by atoms with van der Waals surface area (Å²) in [6.07, 6.45) is -4.39. The summed E-state index contributed by atoms with van der Waals surface area (Å²) < 4.78 is 43.4. The topological polar surface area (TPSA) is 74.8 Å². The van der Waals surface area contributed by atoms with E-state index in [9.17, 15) is 18.0 Å². The van der Waals surface area contributed by atoms with Crippen LogP contribution in [0.3, 0.4) is 0 Å². The number of hydrogen-bond donors (Lipinski definition) is 3. The normalized spacial score (nSPS) is 11.7. The quantitative estimate of drug-likeness (QED) is 0.487. The highest BCUT2D eigenvalue weighted by Crippen LogP contribution is 2.29. The van der Waals surface area contributed by atoms with Gasteiger partial charge in [-0.3, -0.25) is 9.79 Å². The Morgan fingerprint density at radius 3 is 2.31 bits per heavy atom. The maximum atomic E-state index is 12.8. The second-order valence-corrected chi connectivity index (χ2v) is 6.10. The minimum Gasteiger partial charge on any atom is -0.497 e. The Hall–Kier alpha value is -3.23. The van der Waals surface area contributed by atoms with Crippen LogP contribution in [0.25, 0.3) is 0 Å². The molecule has 0 unspecified atom stereocenters. The number of aliphatic imine (C=N–C) groups is 1. The highest BCUT2D eigenvalue weighted by Gasteiger charge is 2.30. The lowest BCUT2D eigenvalue weighted by molar-refractivity contribution is -0.137. The van der Waals surface area contributed by atoms with E-state index in [0.717, 1.165) is 23.4 Å². The number of carbonyl (C=O) groups excluding carboxylic acids is 1. The van der Waals surface area contributed by atoms with Crippen molar-refractivity contribution in [2.45, 2.75) is 19.3 Å². The molecule has 0 saturated heterocycles. The van der Waals surface area contributed by atoms with Crippen molar-refractivity contribution in [1.82, 2.24) is 16.0 Å². The number of benzene rings is 2. The largest absolute Gasteiger partial charge is 0.497 e. The minimum absolute atomic E-state index is 0.0293. The average Bonchev–Trinajstić information content (AvgIpc) is 2.72. The van der Waals surface area contributed by atoms with Crippen molar-refractivity contribution >= 4 is 11.9 Å². The van der Waals surface area contributed by atoms with Crippen LogP contribution in [-0.2, 0) is 24.1 Å². The summed E-state index contributed by atoms with van der Waals surface area (Å²) in [6.45, 7) is 0.469. The Morgan fingerprint density at radius 2 is 1.69 bits per heavy atom. The summed E-state index contributed by atoms with van der Waals surface area (Å²) in [5.41, 5.74) is 0.663. The molecule has 0 aliphatic rings. The summed E-state index contributed by atoms with van der Waals surface area (Å²) in [5, 5.41) is 8.47. The number of methoxy groups -OCH3 is 1. The molecular weight excluding hydrogens is 385 g/mol. The lowest BCUT2D eigenvalue weighted by Crippen LogP contribution is -2.42. The molecular formula is C20H23F3N4O2. The zero-order chi connectivity index (χ0) is 21.3. The number of alkyl halides is 3. The van der Waals surface area contributed by atoms with Crippen LogP contribution in [0, 0.1) is 0 Å². The van der Waals surface area contributed by atoms with Gasteiger partial charge in [0.15, 0.2) is 5.96 Å². The third-order valence-electron chi connectivity index (χ3n) is 4.00. The number of guanidine groups is 1. The van der Waals surface area contributed by atoms with Crippen molar-refractivity contribution in [1.29, 1.82) is 0 Å². The van der Waals surface area contributed by atoms with E-state index in [4.69, 9.17) is 4.74 Å². The van der Waals surface area contributed by atoms with Gasteiger partial charge in [0.25, 0.3) is 0 Å². The monoisotopic (exact) mass is 408 g/mol. The molecule has 0 heterocycles. The first-order valence-electron chi connectivity index (χ1n) is 8.82. The van der Waals surface area contributed by atoms with Gasteiger partial charge < -0.3 is 20.7 Å². The van der Waals surface area contributed by atoms with Crippen LogP contribution in [0.4, 0.5) is 13.2 Å². The molecule has 0 aliphatic carbocycles. The second kappa shape index (κ2) is 10.4. The van der Waals surface area contributed by atoms with E-state index in [1.807, 2.05) is 12.1 Å². The molecule has 2 rings (SSSR count). The lowest BCUT2D eigenvalue weighted by Gasteiger charge is -2.13. The van der Waals surface area contributed by atoms with E-state index in [0.29, 0.717) is 18.1 Å². The summed E-state index contributed by atoms with van der Waals surface area (Å²) in [4.78, 5) is 15.9. The van der Waals surface area contributed by atoms with Crippen LogP contribution in [0.2, 0.25) is 0 Å². The highest BCUT2D eigenvalue weighted by molar-refractivity contribution is 5.86. The number of nitrogens with one attached hydrogen (secondary N) is 3. The van der Waals surface area contributed by atoms with E-state index < -0.39 is 11.7 Å². The molecule has 0 aromatic heterocycles. The van der Waals surface area contributed by atoms with Gasteiger partial charge in [-0.25, -0.2) is 0 Å². The maximum absolute atomic E-state index is 12.8. The smallest absolute Gasteiger partial charge is 0.416 e. The Kier molecular flexibility index (Phi) is 7.88. The average molecular weight is 408 g/mol. The van der Waals surface area contributed by atoms with Crippen molar-refractivity contribution in [2.75, 3.05) is 20.7 Å². The molecule has 2 aromatic carbocycles. The number of ether oxygens (including phenoxy) is 1. The number of halogens is 3. The van der Waals surface area contributed by atoms with Gasteiger partial charge in [-0.1, -0.05) is 24.3 Å². The number of hydrogen-bond acceptors (Lipinski definition) is 3. The zero-order valence-electron chi connectivity index (χ0n) is 16.1. The van der Waals surface area contributed by atoms with Gasteiger partial charge in [0.1, 0.15) is 5.75 Å². The summed E-state index contributed by atoms with van der Waals surface area (Å²) in [5.74, 6) is 0.794. The van der Waals surface area contributed by atoms with Crippen LogP contribution in [0.5, 0.6) is 5.75 Å². The van der Waals surface area contributed by atoms with E-state index in [1.165, 1.54) is 13.1 Å². The first kappa shape index (κ1) is 22.1. The summed E-state index contributed by atoms with van der Waals surface area (Å²) in [6, 6.07) is 12.3.